The van der Waals surface area contributed by atoms with Gasteiger partial charge < -0.3 is 9.32 Å². The van der Waals surface area contributed by atoms with Crippen LogP contribution in [0, 0.1) is 0 Å². The molecule has 0 aliphatic carbocycles. The van der Waals surface area contributed by atoms with E-state index < -0.39 is 0 Å². The third-order valence-corrected chi connectivity index (χ3v) is 4.10. The standard InChI is InChI=1S/C14H16N2O2S/c17-13(16-8-3-4-9-16)7-10-19-14-15-11-5-1-2-6-12(11)18-14/h1-2,5-6H,3-4,7-10H2. The molecule has 0 unspecified atom stereocenters. The molecule has 2 aromatic rings. The van der Waals surface area contributed by atoms with Gasteiger partial charge in [-0.15, -0.1) is 0 Å². The minimum atomic E-state index is 0.251. The molecule has 1 aromatic heterocycles. The molecule has 0 N–H and O–H groups in total. The van der Waals surface area contributed by atoms with E-state index in [9.17, 15) is 4.79 Å². The number of aromatic nitrogens is 1. The summed E-state index contributed by atoms with van der Waals surface area (Å²) in [5, 5.41) is 0.649. The Bertz CT molecular complexity index is 543. The van der Waals surface area contributed by atoms with Gasteiger partial charge in [0.25, 0.3) is 5.22 Å². The van der Waals surface area contributed by atoms with Crippen molar-refractivity contribution in [2.75, 3.05) is 18.8 Å². The molecule has 1 fully saturated rings. The molecule has 0 saturated carbocycles. The number of hydrogen-bond acceptors (Lipinski definition) is 4. The minimum absolute atomic E-state index is 0.251. The number of rotatable bonds is 4. The average Bonchev–Trinajstić information content (AvgIpc) is 3.07. The van der Waals surface area contributed by atoms with Crippen LogP contribution in [0.5, 0.6) is 0 Å². The second-order valence-electron chi connectivity index (χ2n) is 4.63. The first kappa shape index (κ1) is 12.5. The second-order valence-corrected chi connectivity index (χ2v) is 5.68. The van der Waals surface area contributed by atoms with Crippen LogP contribution in [-0.4, -0.2) is 34.6 Å². The molecule has 100 valence electrons. The van der Waals surface area contributed by atoms with Gasteiger partial charge in [-0.05, 0) is 25.0 Å². The normalized spacial score (nSPS) is 15.3. The van der Waals surface area contributed by atoms with Crippen LogP contribution in [0.15, 0.2) is 33.9 Å². The lowest BCUT2D eigenvalue weighted by Gasteiger charge is -2.14. The van der Waals surface area contributed by atoms with Crippen molar-refractivity contribution in [3.63, 3.8) is 0 Å². The molecule has 2 heterocycles. The molecular formula is C14H16N2O2S. The fraction of sp³-hybridized carbons (Fsp3) is 0.429. The van der Waals surface area contributed by atoms with E-state index in [4.69, 9.17) is 4.42 Å². The van der Waals surface area contributed by atoms with Crippen LogP contribution in [-0.2, 0) is 4.79 Å². The van der Waals surface area contributed by atoms with E-state index in [2.05, 4.69) is 4.98 Å². The number of likely N-dealkylation sites (tertiary alicyclic amines) is 1. The van der Waals surface area contributed by atoms with Crippen molar-refractivity contribution in [3.8, 4) is 0 Å². The molecule has 5 heteroatoms. The van der Waals surface area contributed by atoms with Crippen molar-refractivity contribution >= 4 is 28.8 Å². The first-order valence-corrected chi connectivity index (χ1v) is 7.57. The SMILES string of the molecule is O=C(CCSc1nc2ccccc2o1)N1CCCC1. The molecule has 0 atom stereocenters. The van der Waals surface area contributed by atoms with Crippen molar-refractivity contribution in [2.24, 2.45) is 0 Å². The molecule has 3 rings (SSSR count). The van der Waals surface area contributed by atoms with Gasteiger partial charge in [-0.3, -0.25) is 4.79 Å². The van der Waals surface area contributed by atoms with Crippen LogP contribution in [0.3, 0.4) is 0 Å². The van der Waals surface area contributed by atoms with Gasteiger partial charge in [-0.2, -0.15) is 0 Å². The summed E-state index contributed by atoms with van der Waals surface area (Å²) in [5.41, 5.74) is 1.67. The summed E-state index contributed by atoms with van der Waals surface area (Å²) in [6, 6.07) is 7.70. The van der Waals surface area contributed by atoms with Crippen molar-refractivity contribution in [3.05, 3.63) is 24.3 Å². The lowest BCUT2D eigenvalue weighted by Crippen LogP contribution is -2.27. The number of benzene rings is 1. The van der Waals surface area contributed by atoms with Crippen LogP contribution in [0.25, 0.3) is 11.1 Å². The molecule has 1 aliphatic rings. The zero-order chi connectivity index (χ0) is 13.1. The second kappa shape index (κ2) is 5.65. The first-order valence-electron chi connectivity index (χ1n) is 6.59. The quantitative estimate of drug-likeness (QED) is 0.805. The number of thioether (sulfide) groups is 1. The van der Waals surface area contributed by atoms with Gasteiger partial charge in [-0.1, -0.05) is 23.9 Å². The van der Waals surface area contributed by atoms with E-state index >= 15 is 0 Å². The lowest BCUT2D eigenvalue weighted by molar-refractivity contribution is -0.129. The van der Waals surface area contributed by atoms with Gasteiger partial charge in [0.05, 0.1) is 0 Å². The Hall–Kier alpha value is -1.49. The highest BCUT2D eigenvalue weighted by molar-refractivity contribution is 7.99. The van der Waals surface area contributed by atoms with Gasteiger partial charge >= 0.3 is 0 Å². The molecule has 1 aliphatic heterocycles. The van der Waals surface area contributed by atoms with Crippen LogP contribution in [0.2, 0.25) is 0 Å². The maximum absolute atomic E-state index is 11.9. The Kier molecular flexibility index (Phi) is 3.73. The molecule has 0 radical (unpaired) electrons. The largest absolute Gasteiger partial charge is 0.431 e. The van der Waals surface area contributed by atoms with Crippen molar-refractivity contribution in [2.45, 2.75) is 24.5 Å². The number of para-hydroxylation sites is 2. The highest BCUT2D eigenvalue weighted by Gasteiger charge is 2.17. The van der Waals surface area contributed by atoms with E-state index in [1.165, 1.54) is 11.8 Å². The first-order chi connectivity index (χ1) is 9.33. The Morgan fingerprint density at radius 1 is 1.32 bits per heavy atom. The van der Waals surface area contributed by atoms with Crippen molar-refractivity contribution in [1.82, 2.24) is 9.88 Å². The van der Waals surface area contributed by atoms with E-state index in [0.29, 0.717) is 11.6 Å². The van der Waals surface area contributed by atoms with Gasteiger partial charge in [0, 0.05) is 25.3 Å². The smallest absolute Gasteiger partial charge is 0.256 e. The molecule has 1 saturated heterocycles. The summed E-state index contributed by atoms with van der Waals surface area (Å²) >= 11 is 1.51. The molecule has 4 nitrogen and oxygen atoms in total. The van der Waals surface area contributed by atoms with Crippen LogP contribution < -0.4 is 0 Å². The van der Waals surface area contributed by atoms with E-state index in [1.807, 2.05) is 29.2 Å². The zero-order valence-corrected chi connectivity index (χ0v) is 11.5. The maximum Gasteiger partial charge on any atom is 0.256 e. The number of hydrogen-bond donors (Lipinski definition) is 0. The fourth-order valence-corrected chi connectivity index (χ4v) is 3.03. The summed E-state index contributed by atoms with van der Waals surface area (Å²) in [4.78, 5) is 18.2. The minimum Gasteiger partial charge on any atom is -0.431 e. The number of nitrogens with zero attached hydrogens (tertiary/aromatic N) is 2. The van der Waals surface area contributed by atoms with Crippen molar-refractivity contribution in [1.29, 1.82) is 0 Å². The number of amides is 1. The molecular weight excluding hydrogens is 260 g/mol. The monoisotopic (exact) mass is 276 g/mol. The molecule has 1 aromatic carbocycles. The highest BCUT2D eigenvalue weighted by Crippen LogP contribution is 2.23. The molecule has 0 spiro atoms. The Morgan fingerprint density at radius 2 is 2.11 bits per heavy atom. The van der Waals surface area contributed by atoms with Gasteiger partial charge in [0.1, 0.15) is 5.52 Å². The number of oxazole rings is 1. The maximum atomic E-state index is 11.9. The van der Waals surface area contributed by atoms with Crippen LogP contribution in [0.1, 0.15) is 19.3 Å². The summed E-state index contributed by atoms with van der Waals surface area (Å²) in [6.07, 6.45) is 2.84. The fourth-order valence-electron chi connectivity index (χ4n) is 2.26. The zero-order valence-electron chi connectivity index (χ0n) is 10.7. The Morgan fingerprint density at radius 3 is 2.89 bits per heavy atom. The topological polar surface area (TPSA) is 46.3 Å². The Balaban J connectivity index is 1.53. The predicted molar refractivity (Wildman–Crippen MR) is 75.2 cm³/mol. The number of carbonyl (C=O) groups is 1. The Labute approximate surface area is 116 Å². The van der Waals surface area contributed by atoms with Crippen LogP contribution >= 0.6 is 11.8 Å². The summed E-state index contributed by atoms with van der Waals surface area (Å²) < 4.78 is 5.60. The average molecular weight is 276 g/mol. The van der Waals surface area contributed by atoms with Crippen molar-refractivity contribution < 1.29 is 9.21 Å². The summed E-state index contributed by atoms with van der Waals surface area (Å²) in [7, 11) is 0. The summed E-state index contributed by atoms with van der Waals surface area (Å²) in [6.45, 7) is 1.85. The van der Waals surface area contributed by atoms with Gasteiger partial charge in [0.15, 0.2) is 5.58 Å². The molecule has 1 amide bonds. The van der Waals surface area contributed by atoms with E-state index in [-0.39, 0.29) is 5.91 Å². The highest BCUT2D eigenvalue weighted by atomic mass is 32.2. The van der Waals surface area contributed by atoms with Gasteiger partial charge in [-0.25, -0.2) is 4.98 Å². The lowest BCUT2D eigenvalue weighted by atomic mass is 10.3. The van der Waals surface area contributed by atoms with E-state index in [0.717, 1.165) is 42.8 Å². The summed E-state index contributed by atoms with van der Waals surface area (Å²) in [5.74, 6) is 0.975. The number of carbonyl (C=O) groups excluding carboxylic acids is 1. The number of fused-ring (bicyclic) bond motifs is 1. The van der Waals surface area contributed by atoms with Gasteiger partial charge in [0.2, 0.25) is 5.91 Å². The van der Waals surface area contributed by atoms with Crippen LogP contribution in [0.4, 0.5) is 0 Å². The third-order valence-electron chi connectivity index (χ3n) is 3.27. The van der Waals surface area contributed by atoms with E-state index in [1.54, 1.807) is 0 Å². The third kappa shape index (κ3) is 2.92. The predicted octanol–water partition coefficient (Wildman–Crippen LogP) is 2.93. The molecule has 0 bridgehead atoms. The molecule has 19 heavy (non-hydrogen) atoms.